The van der Waals surface area contributed by atoms with Crippen LogP contribution in [0.1, 0.15) is 27.2 Å². The molecule has 0 aromatic rings. The van der Waals surface area contributed by atoms with E-state index in [1.54, 1.807) is 0 Å². The minimum absolute atomic E-state index is 0.0270. The van der Waals surface area contributed by atoms with Gasteiger partial charge in [-0.25, -0.2) is 0 Å². The molecular formula is C11H21N3O. The molecule has 0 aliphatic heterocycles. The van der Waals surface area contributed by atoms with Gasteiger partial charge in [-0.2, -0.15) is 5.26 Å². The number of carbonyl (C=O) groups is 1. The first-order chi connectivity index (χ1) is 7.13. The summed E-state index contributed by atoms with van der Waals surface area (Å²) < 4.78 is 0. The second-order valence-corrected chi connectivity index (χ2v) is 3.63. The lowest BCUT2D eigenvalue weighted by Gasteiger charge is -2.20. The van der Waals surface area contributed by atoms with Gasteiger partial charge in [-0.05, 0) is 20.4 Å². The Kier molecular flexibility index (Phi) is 7.65. The molecule has 1 atom stereocenters. The summed E-state index contributed by atoms with van der Waals surface area (Å²) in [6, 6.07) is 2.20. The molecule has 1 amide bonds. The monoisotopic (exact) mass is 211 g/mol. The Hall–Kier alpha value is -1.08. The van der Waals surface area contributed by atoms with Crippen molar-refractivity contribution in [1.29, 1.82) is 5.26 Å². The summed E-state index contributed by atoms with van der Waals surface area (Å²) in [7, 11) is 0. The average Bonchev–Trinajstić information content (AvgIpc) is 2.24. The van der Waals surface area contributed by atoms with Gasteiger partial charge in [0.1, 0.15) is 0 Å². The predicted molar refractivity (Wildman–Crippen MR) is 60.2 cm³/mol. The fourth-order valence-electron chi connectivity index (χ4n) is 1.35. The van der Waals surface area contributed by atoms with Gasteiger partial charge in [0.05, 0.1) is 12.0 Å². The molecule has 0 heterocycles. The molecule has 0 aliphatic rings. The Balaban J connectivity index is 3.80. The second kappa shape index (κ2) is 8.25. The van der Waals surface area contributed by atoms with Crippen LogP contribution in [0.5, 0.6) is 0 Å². The number of hydrogen-bond acceptors (Lipinski definition) is 3. The molecule has 0 radical (unpaired) electrons. The second-order valence-electron chi connectivity index (χ2n) is 3.63. The summed E-state index contributed by atoms with van der Waals surface area (Å²) in [6.45, 7) is 8.88. The third kappa shape index (κ3) is 6.92. The summed E-state index contributed by atoms with van der Waals surface area (Å²) in [6.07, 6.45) is 0.514. The quantitative estimate of drug-likeness (QED) is 0.683. The molecule has 15 heavy (non-hydrogen) atoms. The van der Waals surface area contributed by atoms with Crippen LogP contribution in [0.25, 0.3) is 0 Å². The van der Waals surface area contributed by atoms with E-state index in [1.165, 1.54) is 0 Å². The van der Waals surface area contributed by atoms with Crippen LogP contribution in [0.3, 0.4) is 0 Å². The van der Waals surface area contributed by atoms with E-state index in [9.17, 15) is 4.79 Å². The van der Waals surface area contributed by atoms with Crippen LogP contribution in [-0.4, -0.2) is 37.0 Å². The highest BCUT2D eigenvalue weighted by Crippen LogP contribution is 1.99. The first-order valence-electron chi connectivity index (χ1n) is 5.52. The lowest BCUT2D eigenvalue weighted by molar-refractivity contribution is -0.121. The standard InChI is InChI=1S/C11H21N3O/c1-4-13-11(15)6-7-14(5-2)9-10(3)8-12/h10H,4-7,9H2,1-3H3,(H,13,15). The van der Waals surface area contributed by atoms with Gasteiger partial charge in [0.25, 0.3) is 0 Å². The van der Waals surface area contributed by atoms with Gasteiger partial charge in [-0.3, -0.25) is 4.79 Å². The molecule has 0 bridgehead atoms. The van der Waals surface area contributed by atoms with Crippen molar-refractivity contribution in [2.75, 3.05) is 26.2 Å². The molecule has 1 N–H and O–H groups in total. The molecule has 1 unspecified atom stereocenters. The van der Waals surface area contributed by atoms with Crippen molar-refractivity contribution in [1.82, 2.24) is 10.2 Å². The average molecular weight is 211 g/mol. The highest BCUT2D eigenvalue weighted by atomic mass is 16.1. The van der Waals surface area contributed by atoms with Crippen LogP contribution in [0.2, 0.25) is 0 Å². The van der Waals surface area contributed by atoms with Crippen molar-refractivity contribution in [2.45, 2.75) is 27.2 Å². The number of amides is 1. The maximum Gasteiger partial charge on any atom is 0.221 e. The van der Waals surface area contributed by atoms with E-state index in [-0.39, 0.29) is 11.8 Å². The molecule has 4 heteroatoms. The zero-order valence-corrected chi connectivity index (χ0v) is 9.92. The number of nitrogens with zero attached hydrogens (tertiary/aromatic N) is 2. The molecular weight excluding hydrogens is 190 g/mol. The van der Waals surface area contributed by atoms with Crippen LogP contribution >= 0.6 is 0 Å². The third-order valence-electron chi connectivity index (χ3n) is 2.23. The highest BCUT2D eigenvalue weighted by molar-refractivity contribution is 5.75. The summed E-state index contributed by atoms with van der Waals surface area (Å²) in [4.78, 5) is 13.3. The first-order valence-corrected chi connectivity index (χ1v) is 5.52. The molecule has 0 aromatic carbocycles. The van der Waals surface area contributed by atoms with Crippen molar-refractivity contribution < 1.29 is 4.79 Å². The Labute approximate surface area is 92.3 Å². The van der Waals surface area contributed by atoms with E-state index in [0.29, 0.717) is 13.0 Å². The van der Waals surface area contributed by atoms with Gasteiger partial charge in [0.15, 0.2) is 0 Å². The van der Waals surface area contributed by atoms with E-state index in [2.05, 4.69) is 16.3 Å². The van der Waals surface area contributed by atoms with Gasteiger partial charge < -0.3 is 10.2 Å². The lowest BCUT2D eigenvalue weighted by Crippen LogP contribution is -2.33. The Morgan fingerprint density at radius 3 is 2.67 bits per heavy atom. The molecule has 0 fully saturated rings. The van der Waals surface area contributed by atoms with Crippen molar-refractivity contribution >= 4 is 5.91 Å². The van der Waals surface area contributed by atoms with Crippen molar-refractivity contribution in [3.8, 4) is 6.07 Å². The maximum absolute atomic E-state index is 11.2. The van der Waals surface area contributed by atoms with Crippen molar-refractivity contribution in [2.24, 2.45) is 5.92 Å². The Morgan fingerprint density at radius 2 is 2.20 bits per heavy atom. The molecule has 0 saturated heterocycles. The molecule has 0 aromatic heterocycles. The number of rotatable bonds is 7. The van der Waals surface area contributed by atoms with E-state index < -0.39 is 0 Å². The lowest BCUT2D eigenvalue weighted by atomic mass is 10.2. The van der Waals surface area contributed by atoms with E-state index in [4.69, 9.17) is 5.26 Å². The third-order valence-corrected chi connectivity index (χ3v) is 2.23. The number of nitrogens with one attached hydrogen (secondary N) is 1. The number of carbonyl (C=O) groups excluding carboxylic acids is 1. The minimum atomic E-state index is 0.0270. The SMILES string of the molecule is CCNC(=O)CCN(CC)CC(C)C#N. The van der Waals surface area contributed by atoms with E-state index in [0.717, 1.165) is 19.6 Å². The highest BCUT2D eigenvalue weighted by Gasteiger charge is 2.09. The van der Waals surface area contributed by atoms with Crippen LogP contribution in [0.4, 0.5) is 0 Å². The van der Waals surface area contributed by atoms with Crippen molar-refractivity contribution in [3.05, 3.63) is 0 Å². The molecule has 0 saturated carbocycles. The minimum Gasteiger partial charge on any atom is -0.356 e. The topological polar surface area (TPSA) is 56.1 Å². The molecule has 0 aliphatic carbocycles. The summed E-state index contributed by atoms with van der Waals surface area (Å²) in [5, 5.41) is 11.4. The van der Waals surface area contributed by atoms with Gasteiger partial charge >= 0.3 is 0 Å². The molecule has 86 valence electrons. The number of hydrogen-bond donors (Lipinski definition) is 1. The van der Waals surface area contributed by atoms with Crippen molar-refractivity contribution in [3.63, 3.8) is 0 Å². The van der Waals surface area contributed by atoms with Gasteiger partial charge in [0, 0.05) is 26.1 Å². The summed E-state index contributed by atoms with van der Waals surface area (Å²) >= 11 is 0. The van der Waals surface area contributed by atoms with Crippen LogP contribution < -0.4 is 5.32 Å². The largest absolute Gasteiger partial charge is 0.356 e. The first kappa shape index (κ1) is 13.9. The van der Waals surface area contributed by atoms with E-state index >= 15 is 0 Å². The fraction of sp³-hybridized carbons (Fsp3) is 0.818. The van der Waals surface area contributed by atoms with Crippen LogP contribution in [-0.2, 0) is 4.79 Å². The number of nitriles is 1. The van der Waals surface area contributed by atoms with Crippen LogP contribution in [0.15, 0.2) is 0 Å². The predicted octanol–water partition coefficient (Wildman–Crippen LogP) is 0.994. The summed E-state index contributed by atoms with van der Waals surface area (Å²) in [5.74, 6) is 0.111. The normalized spacial score (nSPS) is 12.2. The Morgan fingerprint density at radius 1 is 1.53 bits per heavy atom. The smallest absolute Gasteiger partial charge is 0.221 e. The zero-order chi connectivity index (χ0) is 11.7. The van der Waals surface area contributed by atoms with Crippen LogP contribution in [0, 0.1) is 17.2 Å². The zero-order valence-electron chi connectivity index (χ0n) is 9.92. The molecule has 4 nitrogen and oxygen atoms in total. The van der Waals surface area contributed by atoms with Gasteiger partial charge in [-0.1, -0.05) is 6.92 Å². The van der Waals surface area contributed by atoms with Gasteiger partial charge in [-0.15, -0.1) is 0 Å². The molecule has 0 rings (SSSR count). The van der Waals surface area contributed by atoms with Gasteiger partial charge in [0.2, 0.25) is 5.91 Å². The maximum atomic E-state index is 11.2. The Bertz CT molecular complexity index is 222. The fourth-order valence-corrected chi connectivity index (χ4v) is 1.35. The van der Waals surface area contributed by atoms with E-state index in [1.807, 2.05) is 20.8 Å². The summed E-state index contributed by atoms with van der Waals surface area (Å²) in [5.41, 5.74) is 0. The molecule has 0 spiro atoms.